The minimum absolute atomic E-state index is 0.190. The molecule has 1 aromatic carbocycles. The van der Waals surface area contributed by atoms with Crippen LogP contribution in [0, 0.1) is 0 Å². The van der Waals surface area contributed by atoms with E-state index in [4.69, 9.17) is 15.2 Å². The van der Waals surface area contributed by atoms with Gasteiger partial charge in [-0.25, -0.2) is 4.79 Å². The van der Waals surface area contributed by atoms with Crippen molar-refractivity contribution in [3.8, 4) is 0 Å². The third-order valence-electron chi connectivity index (χ3n) is 3.73. The second kappa shape index (κ2) is 12.0. The number of amides is 1. The lowest BCUT2D eigenvalue weighted by Gasteiger charge is -2.09. The average molecular weight is 407 g/mol. The zero-order chi connectivity index (χ0) is 20.2. The molecule has 0 saturated carbocycles. The standard InChI is InChI=1S/C19H25N3O5S/c1-25-19(24)14-2-4-15(5-3-14)21-7-9-26-11-12-27-10-8-22-18(23)16-6-13-28-17(16)20/h2-6,13,21H,7-12,20H2,1H3,(H,22,23). The van der Waals surface area contributed by atoms with E-state index in [0.717, 1.165) is 5.69 Å². The van der Waals surface area contributed by atoms with E-state index >= 15 is 0 Å². The Morgan fingerprint density at radius 1 is 1.00 bits per heavy atom. The Kier molecular flexibility index (Phi) is 9.26. The first kappa shape index (κ1) is 21.7. The molecular weight excluding hydrogens is 382 g/mol. The van der Waals surface area contributed by atoms with E-state index in [1.807, 2.05) is 12.1 Å². The summed E-state index contributed by atoms with van der Waals surface area (Å²) in [5, 5.41) is 8.24. The molecular formula is C19H25N3O5S. The summed E-state index contributed by atoms with van der Waals surface area (Å²) >= 11 is 1.34. The highest BCUT2D eigenvalue weighted by molar-refractivity contribution is 7.14. The van der Waals surface area contributed by atoms with Crippen molar-refractivity contribution in [3.05, 3.63) is 46.8 Å². The number of carbonyl (C=O) groups is 2. The highest BCUT2D eigenvalue weighted by Gasteiger charge is 2.09. The fourth-order valence-corrected chi connectivity index (χ4v) is 2.91. The number of carbonyl (C=O) groups excluding carboxylic acids is 2. The second-order valence-electron chi connectivity index (χ2n) is 5.67. The maximum Gasteiger partial charge on any atom is 0.337 e. The molecule has 1 amide bonds. The first-order chi connectivity index (χ1) is 13.6. The van der Waals surface area contributed by atoms with Crippen LogP contribution in [0.4, 0.5) is 10.7 Å². The lowest BCUT2D eigenvalue weighted by atomic mass is 10.2. The Balaban J connectivity index is 1.45. The van der Waals surface area contributed by atoms with Crippen LogP contribution in [0.25, 0.3) is 0 Å². The summed E-state index contributed by atoms with van der Waals surface area (Å²) in [6.45, 7) is 2.89. The van der Waals surface area contributed by atoms with Crippen molar-refractivity contribution in [2.75, 3.05) is 57.7 Å². The van der Waals surface area contributed by atoms with Crippen LogP contribution in [0.5, 0.6) is 0 Å². The number of nitrogen functional groups attached to an aromatic ring is 1. The molecule has 0 aliphatic rings. The molecule has 0 fully saturated rings. The van der Waals surface area contributed by atoms with Gasteiger partial charge < -0.3 is 30.6 Å². The number of esters is 1. The van der Waals surface area contributed by atoms with Crippen LogP contribution >= 0.6 is 11.3 Å². The Morgan fingerprint density at radius 2 is 1.68 bits per heavy atom. The monoisotopic (exact) mass is 407 g/mol. The number of thiophene rings is 1. The van der Waals surface area contributed by atoms with Crippen LogP contribution in [0.1, 0.15) is 20.7 Å². The predicted octanol–water partition coefficient (Wildman–Crippen LogP) is 1.99. The SMILES string of the molecule is COC(=O)c1ccc(NCCOCCOCCNC(=O)c2ccsc2N)cc1. The molecule has 1 heterocycles. The average Bonchev–Trinajstić information content (AvgIpc) is 3.15. The van der Waals surface area contributed by atoms with Gasteiger partial charge in [-0.3, -0.25) is 4.79 Å². The zero-order valence-electron chi connectivity index (χ0n) is 15.7. The molecule has 4 N–H and O–H groups in total. The Labute approximate surface area is 168 Å². The van der Waals surface area contributed by atoms with Gasteiger partial charge in [0.25, 0.3) is 5.91 Å². The number of hydrogen-bond acceptors (Lipinski definition) is 8. The Hall–Kier alpha value is -2.62. The van der Waals surface area contributed by atoms with Gasteiger partial charge in [0, 0.05) is 18.8 Å². The van der Waals surface area contributed by atoms with Gasteiger partial charge in [-0.2, -0.15) is 0 Å². The summed E-state index contributed by atoms with van der Waals surface area (Å²) in [6.07, 6.45) is 0. The molecule has 0 aliphatic heterocycles. The van der Waals surface area contributed by atoms with Crippen molar-refractivity contribution in [1.29, 1.82) is 0 Å². The number of nitrogens with two attached hydrogens (primary N) is 1. The van der Waals surface area contributed by atoms with Crippen molar-refractivity contribution in [1.82, 2.24) is 5.32 Å². The van der Waals surface area contributed by atoms with Crippen molar-refractivity contribution in [2.24, 2.45) is 0 Å². The van der Waals surface area contributed by atoms with Crippen molar-refractivity contribution in [2.45, 2.75) is 0 Å². The summed E-state index contributed by atoms with van der Waals surface area (Å²) in [5.41, 5.74) is 7.61. The summed E-state index contributed by atoms with van der Waals surface area (Å²) in [7, 11) is 1.35. The minimum Gasteiger partial charge on any atom is -0.465 e. The van der Waals surface area contributed by atoms with Gasteiger partial charge in [-0.1, -0.05) is 0 Å². The van der Waals surface area contributed by atoms with Crippen LogP contribution in [0.3, 0.4) is 0 Å². The van der Waals surface area contributed by atoms with Crippen LogP contribution in [-0.4, -0.2) is 58.5 Å². The molecule has 152 valence electrons. The van der Waals surface area contributed by atoms with E-state index in [9.17, 15) is 9.59 Å². The van der Waals surface area contributed by atoms with Crippen LogP contribution in [0.15, 0.2) is 35.7 Å². The largest absolute Gasteiger partial charge is 0.465 e. The first-order valence-corrected chi connectivity index (χ1v) is 9.68. The molecule has 0 spiro atoms. The highest BCUT2D eigenvalue weighted by Crippen LogP contribution is 2.18. The highest BCUT2D eigenvalue weighted by atomic mass is 32.1. The number of ether oxygens (including phenoxy) is 3. The van der Waals surface area contributed by atoms with Gasteiger partial charge in [-0.05, 0) is 35.7 Å². The molecule has 1 aromatic heterocycles. The predicted molar refractivity (Wildman–Crippen MR) is 109 cm³/mol. The molecule has 0 atom stereocenters. The van der Waals surface area contributed by atoms with E-state index in [-0.39, 0.29) is 11.9 Å². The fourth-order valence-electron chi connectivity index (χ4n) is 2.27. The molecule has 0 radical (unpaired) electrons. The minimum atomic E-state index is -0.356. The zero-order valence-corrected chi connectivity index (χ0v) is 16.6. The molecule has 8 nitrogen and oxygen atoms in total. The van der Waals surface area contributed by atoms with Gasteiger partial charge in [0.2, 0.25) is 0 Å². The molecule has 0 saturated heterocycles. The number of hydrogen-bond donors (Lipinski definition) is 3. The lowest BCUT2D eigenvalue weighted by Crippen LogP contribution is -2.27. The Morgan fingerprint density at radius 3 is 2.29 bits per heavy atom. The van der Waals surface area contributed by atoms with Crippen LogP contribution in [0.2, 0.25) is 0 Å². The van der Waals surface area contributed by atoms with Gasteiger partial charge in [-0.15, -0.1) is 11.3 Å². The first-order valence-electron chi connectivity index (χ1n) is 8.80. The molecule has 2 aromatic rings. The molecule has 2 rings (SSSR count). The summed E-state index contributed by atoms with van der Waals surface area (Å²) in [4.78, 5) is 23.2. The van der Waals surface area contributed by atoms with Crippen molar-refractivity contribution >= 4 is 33.9 Å². The maximum atomic E-state index is 11.8. The van der Waals surface area contributed by atoms with Crippen molar-refractivity contribution < 1.29 is 23.8 Å². The maximum absolute atomic E-state index is 11.8. The van der Waals surface area contributed by atoms with E-state index < -0.39 is 0 Å². The number of nitrogens with one attached hydrogen (secondary N) is 2. The smallest absolute Gasteiger partial charge is 0.337 e. The number of rotatable bonds is 12. The molecule has 0 unspecified atom stereocenters. The molecule has 0 bridgehead atoms. The number of anilines is 2. The van der Waals surface area contributed by atoms with E-state index in [2.05, 4.69) is 15.4 Å². The molecule has 9 heteroatoms. The molecule has 0 aliphatic carbocycles. The van der Waals surface area contributed by atoms with E-state index in [1.165, 1.54) is 18.4 Å². The normalized spacial score (nSPS) is 10.5. The van der Waals surface area contributed by atoms with Gasteiger partial charge in [0.1, 0.15) is 0 Å². The Bertz CT molecular complexity index is 748. The van der Waals surface area contributed by atoms with Crippen LogP contribution in [-0.2, 0) is 14.2 Å². The van der Waals surface area contributed by atoms with Gasteiger partial charge >= 0.3 is 5.97 Å². The quantitative estimate of drug-likeness (QED) is 0.364. The third-order valence-corrected chi connectivity index (χ3v) is 4.47. The summed E-state index contributed by atoms with van der Waals surface area (Å²) < 4.78 is 15.5. The van der Waals surface area contributed by atoms with E-state index in [1.54, 1.807) is 23.6 Å². The second-order valence-corrected chi connectivity index (χ2v) is 6.62. The van der Waals surface area contributed by atoms with Crippen LogP contribution < -0.4 is 16.4 Å². The summed E-state index contributed by atoms with van der Waals surface area (Å²) in [6, 6.07) is 8.73. The lowest BCUT2D eigenvalue weighted by molar-refractivity contribution is 0.0519. The molecule has 28 heavy (non-hydrogen) atoms. The number of benzene rings is 1. The van der Waals surface area contributed by atoms with E-state index in [0.29, 0.717) is 55.6 Å². The summed E-state index contributed by atoms with van der Waals surface area (Å²) in [5.74, 6) is -0.547. The van der Waals surface area contributed by atoms with Gasteiger partial charge in [0.05, 0.1) is 49.7 Å². The number of methoxy groups -OCH3 is 1. The third kappa shape index (κ3) is 7.18. The van der Waals surface area contributed by atoms with Gasteiger partial charge in [0.15, 0.2) is 0 Å². The fraction of sp³-hybridized carbons (Fsp3) is 0.368. The topological polar surface area (TPSA) is 112 Å². The van der Waals surface area contributed by atoms with Crippen molar-refractivity contribution in [3.63, 3.8) is 0 Å².